The van der Waals surface area contributed by atoms with E-state index in [0.717, 1.165) is 51.6 Å². The number of nitrogens with zero attached hydrogens (tertiary/aromatic N) is 4. The van der Waals surface area contributed by atoms with Gasteiger partial charge in [-0.2, -0.15) is 0 Å². The molecule has 0 unspecified atom stereocenters. The molecule has 1 aromatic heterocycles. The van der Waals surface area contributed by atoms with Gasteiger partial charge in [-0.1, -0.05) is 6.07 Å². The van der Waals surface area contributed by atoms with Gasteiger partial charge in [0.25, 0.3) is 0 Å². The molecule has 1 saturated carbocycles. The number of benzene rings is 1. The zero-order chi connectivity index (χ0) is 22.1. The zero-order valence-electron chi connectivity index (χ0n) is 18.8. The highest BCUT2D eigenvalue weighted by Crippen LogP contribution is 2.33. The second-order valence-corrected chi connectivity index (χ2v) is 9.13. The molecule has 0 amide bonds. The number of fused-ring (bicyclic) bond motifs is 1. The Kier molecular flexibility index (Phi) is 7.67. The summed E-state index contributed by atoms with van der Waals surface area (Å²) in [6.07, 6.45) is 6.11. The first kappa shape index (κ1) is 24.3. The topological polar surface area (TPSA) is 89.5 Å². The molecule has 32 heavy (non-hydrogen) atoms. The standard InChI is InChI=1S/C23H32N4O4.ClH/c1-24-13-11-17-6-9-20(15-18(17)12-14-24)26-22(30)25(2)27(23(26)31)19-7-3-16(4-8-19)5-10-21(28)29;/h6,9,15-16,19H,3-5,7-8,10-14H2,1-2H3,(H,28,29);1H/t16-,19-;. The van der Waals surface area contributed by atoms with E-state index in [4.69, 9.17) is 5.11 Å². The fourth-order valence-electron chi connectivity index (χ4n) is 5.14. The third-order valence-corrected chi connectivity index (χ3v) is 7.08. The molecule has 0 saturated heterocycles. The van der Waals surface area contributed by atoms with E-state index in [1.54, 1.807) is 11.7 Å². The fraction of sp³-hybridized carbons (Fsp3) is 0.609. The van der Waals surface area contributed by atoms with Crippen molar-refractivity contribution in [3.05, 3.63) is 50.3 Å². The highest BCUT2D eigenvalue weighted by molar-refractivity contribution is 5.85. The number of aliphatic carboxylic acids is 1. The first-order valence-electron chi connectivity index (χ1n) is 11.3. The molecule has 2 heterocycles. The summed E-state index contributed by atoms with van der Waals surface area (Å²) in [4.78, 5) is 39.5. The van der Waals surface area contributed by atoms with Crippen LogP contribution in [-0.2, 0) is 24.7 Å². The summed E-state index contributed by atoms with van der Waals surface area (Å²) in [7, 11) is 3.78. The first-order valence-corrected chi connectivity index (χ1v) is 11.3. The maximum atomic E-state index is 13.3. The van der Waals surface area contributed by atoms with Gasteiger partial charge in [-0.25, -0.2) is 23.5 Å². The van der Waals surface area contributed by atoms with Crippen molar-refractivity contribution in [2.75, 3.05) is 20.1 Å². The van der Waals surface area contributed by atoms with Gasteiger partial charge in [0.2, 0.25) is 0 Å². The molecule has 0 radical (unpaired) electrons. The molecule has 1 N–H and O–H groups in total. The Labute approximate surface area is 193 Å². The Hall–Kier alpha value is -2.32. The summed E-state index contributed by atoms with van der Waals surface area (Å²) >= 11 is 0. The maximum absolute atomic E-state index is 13.3. The number of carboxylic acid groups (broad SMARTS) is 1. The van der Waals surface area contributed by atoms with Crippen LogP contribution in [0.15, 0.2) is 27.8 Å². The summed E-state index contributed by atoms with van der Waals surface area (Å²) in [6, 6.07) is 5.92. The van der Waals surface area contributed by atoms with Crippen LogP contribution in [0.5, 0.6) is 0 Å². The SMILES string of the molecule is CN1CCc2ccc(-n3c(=O)n(C)n([C@H]4CC[C@H](CCC(=O)O)CC4)c3=O)cc2CC1.Cl. The van der Waals surface area contributed by atoms with Gasteiger partial charge in [0.05, 0.1) is 11.7 Å². The van der Waals surface area contributed by atoms with Crippen molar-refractivity contribution in [2.24, 2.45) is 13.0 Å². The third-order valence-electron chi connectivity index (χ3n) is 7.08. The minimum Gasteiger partial charge on any atom is -0.481 e. The normalized spacial score (nSPS) is 21.4. The minimum atomic E-state index is -0.759. The van der Waals surface area contributed by atoms with Crippen molar-refractivity contribution >= 4 is 18.4 Å². The average Bonchev–Trinajstić information content (AvgIpc) is 2.88. The van der Waals surface area contributed by atoms with Crippen LogP contribution in [0.4, 0.5) is 0 Å². The van der Waals surface area contributed by atoms with Gasteiger partial charge in [-0.3, -0.25) is 4.79 Å². The summed E-state index contributed by atoms with van der Waals surface area (Å²) in [5.74, 6) is -0.380. The van der Waals surface area contributed by atoms with Gasteiger partial charge < -0.3 is 10.0 Å². The van der Waals surface area contributed by atoms with Crippen LogP contribution in [0.2, 0.25) is 0 Å². The number of hydrogen-bond donors (Lipinski definition) is 1. The Morgan fingerprint density at radius 2 is 1.66 bits per heavy atom. The van der Waals surface area contributed by atoms with E-state index < -0.39 is 5.97 Å². The molecular weight excluding hydrogens is 432 g/mol. The average molecular weight is 465 g/mol. The van der Waals surface area contributed by atoms with E-state index in [1.807, 2.05) is 12.1 Å². The lowest BCUT2D eigenvalue weighted by molar-refractivity contribution is -0.137. The van der Waals surface area contributed by atoms with Crippen molar-refractivity contribution < 1.29 is 9.90 Å². The molecule has 0 atom stereocenters. The molecule has 8 nitrogen and oxygen atoms in total. The summed E-state index contributed by atoms with van der Waals surface area (Å²) in [5.41, 5.74) is 2.54. The van der Waals surface area contributed by atoms with E-state index >= 15 is 0 Å². The molecule has 176 valence electrons. The van der Waals surface area contributed by atoms with E-state index in [1.165, 1.54) is 20.4 Å². The van der Waals surface area contributed by atoms with Crippen molar-refractivity contribution in [1.82, 2.24) is 18.8 Å². The fourth-order valence-corrected chi connectivity index (χ4v) is 5.14. The van der Waals surface area contributed by atoms with E-state index in [2.05, 4.69) is 18.0 Å². The van der Waals surface area contributed by atoms with Gasteiger partial charge in [-0.15, -0.1) is 12.4 Å². The lowest BCUT2D eigenvalue weighted by Crippen LogP contribution is -2.32. The predicted octanol–water partition coefficient (Wildman–Crippen LogP) is 2.39. The maximum Gasteiger partial charge on any atom is 0.352 e. The number of halogens is 1. The largest absolute Gasteiger partial charge is 0.481 e. The molecule has 2 aromatic rings. The Morgan fingerprint density at radius 3 is 2.31 bits per heavy atom. The zero-order valence-corrected chi connectivity index (χ0v) is 19.6. The smallest absolute Gasteiger partial charge is 0.352 e. The highest BCUT2D eigenvalue weighted by atomic mass is 35.5. The lowest BCUT2D eigenvalue weighted by Gasteiger charge is -2.29. The second-order valence-electron chi connectivity index (χ2n) is 9.13. The monoisotopic (exact) mass is 464 g/mol. The summed E-state index contributed by atoms with van der Waals surface area (Å²) < 4.78 is 4.35. The van der Waals surface area contributed by atoms with Crippen LogP contribution >= 0.6 is 12.4 Å². The Morgan fingerprint density at radius 1 is 1.00 bits per heavy atom. The summed E-state index contributed by atoms with van der Waals surface area (Å²) in [6.45, 7) is 1.98. The molecule has 1 aliphatic heterocycles. The van der Waals surface area contributed by atoms with Crippen LogP contribution < -0.4 is 11.4 Å². The van der Waals surface area contributed by atoms with Gasteiger partial charge >= 0.3 is 17.3 Å². The molecule has 0 bridgehead atoms. The van der Waals surface area contributed by atoms with Crippen molar-refractivity contribution in [3.8, 4) is 5.69 Å². The van der Waals surface area contributed by atoms with Crippen LogP contribution in [-0.4, -0.2) is 50.0 Å². The Balaban J connectivity index is 0.00000289. The number of likely N-dealkylation sites (N-methyl/N-ethyl adjacent to an activating group) is 1. The van der Waals surface area contributed by atoms with Gasteiger partial charge in [0, 0.05) is 26.6 Å². The van der Waals surface area contributed by atoms with Gasteiger partial charge in [-0.05, 0) is 81.2 Å². The minimum absolute atomic E-state index is 0. The van der Waals surface area contributed by atoms with Gasteiger partial charge in [0.1, 0.15) is 0 Å². The number of rotatable bonds is 5. The molecule has 9 heteroatoms. The second kappa shape index (κ2) is 10.1. The van der Waals surface area contributed by atoms with E-state index in [-0.39, 0.29) is 36.2 Å². The van der Waals surface area contributed by atoms with Crippen LogP contribution in [0.1, 0.15) is 55.7 Å². The molecule has 1 aromatic carbocycles. The van der Waals surface area contributed by atoms with Crippen LogP contribution in [0, 0.1) is 5.92 Å². The molecule has 1 fully saturated rings. The van der Waals surface area contributed by atoms with Crippen LogP contribution in [0.25, 0.3) is 5.69 Å². The van der Waals surface area contributed by atoms with E-state index in [9.17, 15) is 14.4 Å². The summed E-state index contributed by atoms with van der Waals surface area (Å²) in [5, 5.41) is 8.90. The predicted molar refractivity (Wildman–Crippen MR) is 125 cm³/mol. The quantitative estimate of drug-likeness (QED) is 0.733. The van der Waals surface area contributed by atoms with Crippen molar-refractivity contribution in [3.63, 3.8) is 0 Å². The van der Waals surface area contributed by atoms with E-state index in [0.29, 0.717) is 18.0 Å². The first-order chi connectivity index (χ1) is 14.8. The molecule has 1 aliphatic carbocycles. The third kappa shape index (κ3) is 4.86. The lowest BCUT2D eigenvalue weighted by atomic mass is 9.83. The Bertz CT molecular complexity index is 1080. The number of carbonyl (C=O) groups is 1. The molecule has 2 aliphatic rings. The molecule has 4 rings (SSSR count). The molecular formula is C23H33ClN4O4. The highest BCUT2D eigenvalue weighted by Gasteiger charge is 2.27. The molecule has 0 spiro atoms. The van der Waals surface area contributed by atoms with Crippen LogP contribution in [0.3, 0.4) is 0 Å². The van der Waals surface area contributed by atoms with Crippen molar-refractivity contribution in [1.29, 1.82) is 0 Å². The van der Waals surface area contributed by atoms with Crippen molar-refractivity contribution in [2.45, 2.75) is 57.4 Å². The number of hydrogen-bond acceptors (Lipinski definition) is 4. The number of aromatic nitrogens is 3. The van der Waals surface area contributed by atoms with Gasteiger partial charge in [0.15, 0.2) is 0 Å². The number of carboxylic acids is 1.